The van der Waals surface area contributed by atoms with E-state index in [0.29, 0.717) is 6.54 Å². The molecule has 0 saturated carbocycles. The number of rotatable bonds is 2. The third-order valence-electron chi connectivity index (χ3n) is 3.51. The highest BCUT2D eigenvalue weighted by atomic mass is 79.9. The zero-order chi connectivity index (χ0) is 13.6. The smallest absolute Gasteiger partial charge is 0.491 e. The van der Waals surface area contributed by atoms with Crippen LogP contribution in [0, 0.1) is 0 Å². The van der Waals surface area contributed by atoms with Crippen molar-refractivity contribution < 1.29 is 19.2 Å². The van der Waals surface area contributed by atoms with Crippen molar-refractivity contribution in [2.24, 2.45) is 5.73 Å². The highest BCUT2D eigenvalue weighted by Crippen LogP contribution is 2.36. The van der Waals surface area contributed by atoms with Crippen LogP contribution in [0.5, 0.6) is 5.75 Å². The van der Waals surface area contributed by atoms with Crippen molar-refractivity contribution in [3.8, 4) is 5.75 Å². The molecule has 3 rings (SSSR count). The van der Waals surface area contributed by atoms with Crippen LogP contribution in [0.15, 0.2) is 16.6 Å². The molecule has 0 aromatic heterocycles. The monoisotopic (exact) mass is 327 g/mol. The quantitative estimate of drug-likeness (QED) is 0.766. The van der Waals surface area contributed by atoms with Crippen molar-refractivity contribution in [1.29, 1.82) is 0 Å². The van der Waals surface area contributed by atoms with Crippen LogP contribution < -0.4 is 15.9 Å². The molecule has 2 aliphatic rings. The summed E-state index contributed by atoms with van der Waals surface area (Å²) in [5.41, 5.74) is 6.83. The summed E-state index contributed by atoms with van der Waals surface area (Å²) in [6.45, 7) is 2.31. The van der Waals surface area contributed by atoms with E-state index >= 15 is 0 Å². The van der Waals surface area contributed by atoms with Crippen molar-refractivity contribution in [2.75, 3.05) is 19.8 Å². The van der Waals surface area contributed by atoms with Gasteiger partial charge < -0.3 is 24.9 Å². The minimum Gasteiger partial charge on any atom is -0.491 e. The van der Waals surface area contributed by atoms with E-state index in [9.17, 15) is 5.11 Å². The molecule has 102 valence electrons. The number of hydrogen-bond acceptors (Lipinski definition) is 5. The van der Waals surface area contributed by atoms with E-state index in [1.54, 1.807) is 6.92 Å². The number of ether oxygens (including phenoxy) is 1. The third kappa shape index (κ3) is 2.09. The van der Waals surface area contributed by atoms with Crippen molar-refractivity contribution in [3.63, 3.8) is 0 Å². The Balaban J connectivity index is 2.09. The van der Waals surface area contributed by atoms with Crippen LogP contribution in [0.3, 0.4) is 0 Å². The predicted octanol–water partition coefficient (Wildman–Crippen LogP) is 0.334. The molecule has 3 N–H and O–H groups in total. The van der Waals surface area contributed by atoms with Gasteiger partial charge in [0.2, 0.25) is 0 Å². The third-order valence-corrected chi connectivity index (χ3v) is 4.20. The van der Waals surface area contributed by atoms with Crippen LogP contribution in [0.1, 0.15) is 18.6 Å². The lowest BCUT2D eigenvalue weighted by Crippen LogP contribution is -2.45. The summed E-state index contributed by atoms with van der Waals surface area (Å²) in [5, 5.41) is 9.47. The molecule has 1 aromatic carbocycles. The topological polar surface area (TPSA) is 73.9 Å². The second-order valence-electron chi connectivity index (χ2n) is 5.08. The van der Waals surface area contributed by atoms with Gasteiger partial charge in [-0.1, -0.05) is 15.9 Å². The molecule has 1 unspecified atom stereocenters. The average molecular weight is 328 g/mol. The zero-order valence-electron chi connectivity index (χ0n) is 10.6. The van der Waals surface area contributed by atoms with Gasteiger partial charge >= 0.3 is 7.12 Å². The highest BCUT2D eigenvalue weighted by molar-refractivity contribution is 9.10. The maximum atomic E-state index is 9.47. The van der Waals surface area contributed by atoms with Crippen LogP contribution in [-0.4, -0.2) is 37.6 Å². The van der Waals surface area contributed by atoms with Crippen LogP contribution in [0.2, 0.25) is 0 Å². The van der Waals surface area contributed by atoms with Gasteiger partial charge in [-0.3, -0.25) is 0 Å². The highest BCUT2D eigenvalue weighted by Gasteiger charge is 2.47. The normalized spacial score (nSPS) is 28.8. The Labute approximate surface area is 120 Å². The lowest BCUT2D eigenvalue weighted by molar-refractivity contribution is -0.0265. The Morgan fingerprint density at radius 1 is 1.58 bits per heavy atom. The Morgan fingerprint density at radius 3 is 3.05 bits per heavy atom. The minimum atomic E-state index is -0.781. The predicted molar refractivity (Wildman–Crippen MR) is 74.5 cm³/mol. The number of aliphatic hydroxyl groups is 1. The van der Waals surface area contributed by atoms with Gasteiger partial charge in [-0.15, -0.1) is 0 Å². The van der Waals surface area contributed by atoms with Crippen LogP contribution in [0.25, 0.3) is 0 Å². The standard InChI is InChI=1S/C12H15BBrNO4/c1-12(5-16)6-17-8-3-2-7(14)10-9(4-15)18-13(19-12)11(8)10/h2-3,9,16H,4-6,15H2,1H3/t9?,12-/m1/s1. The molecule has 2 aliphatic heterocycles. The van der Waals surface area contributed by atoms with Gasteiger partial charge in [0.1, 0.15) is 18.0 Å². The van der Waals surface area contributed by atoms with Gasteiger partial charge in [0, 0.05) is 16.5 Å². The van der Waals surface area contributed by atoms with E-state index in [2.05, 4.69) is 15.9 Å². The first-order valence-electron chi connectivity index (χ1n) is 6.17. The van der Waals surface area contributed by atoms with E-state index in [-0.39, 0.29) is 19.3 Å². The second kappa shape index (κ2) is 4.75. The molecule has 0 bridgehead atoms. The van der Waals surface area contributed by atoms with Crippen LogP contribution in [0.4, 0.5) is 0 Å². The van der Waals surface area contributed by atoms with Gasteiger partial charge in [0.15, 0.2) is 0 Å². The number of hydrogen-bond donors (Lipinski definition) is 2. The Hall–Kier alpha value is -0.595. The van der Waals surface area contributed by atoms with Crippen LogP contribution in [-0.2, 0) is 9.31 Å². The molecule has 0 aliphatic carbocycles. The first-order chi connectivity index (χ1) is 9.08. The van der Waals surface area contributed by atoms with Gasteiger partial charge in [0.25, 0.3) is 0 Å². The second-order valence-corrected chi connectivity index (χ2v) is 5.93. The molecule has 0 fully saturated rings. The Morgan fingerprint density at radius 2 is 2.37 bits per heavy atom. The average Bonchev–Trinajstić information content (AvgIpc) is 2.70. The van der Waals surface area contributed by atoms with Gasteiger partial charge in [-0.05, 0) is 24.6 Å². The number of benzene rings is 1. The fraction of sp³-hybridized carbons (Fsp3) is 0.500. The first-order valence-corrected chi connectivity index (χ1v) is 6.96. The molecular weight excluding hydrogens is 313 g/mol. The van der Waals surface area contributed by atoms with Crippen molar-refractivity contribution in [3.05, 3.63) is 22.2 Å². The summed E-state index contributed by atoms with van der Waals surface area (Å²) in [7, 11) is -0.546. The number of nitrogens with two attached hydrogens (primary N) is 1. The Bertz CT molecular complexity index is 515. The van der Waals surface area contributed by atoms with E-state index in [1.165, 1.54) is 0 Å². The molecule has 2 atom stereocenters. The number of halogens is 1. The van der Waals surface area contributed by atoms with Gasteiger partial charge in [-0.2, -0.15) is 0 Å². The van der Waals surface area contributed by atoms with E-state index < -0.39 is 12.7 Å². The van der Waals surface area contributed by atoms with E-state index in [0.717, 1.165) is 21.2 Å². The summed E-state index contributed by atoms with van der Waals surface area (Å²) in [4.78, 5) is 0. The summed E-state index contributed by atoms with van der Waals surface area (Å²) in [6, 6.07) is 3.80. The molecule has 7 heteroatoms. The maximum Gasteiger partial charge on any atom is 0.499 e. The molecule has 2 heterocycles. The first kappa shape index (κ1) is 13.4. The summed E-state index contributed by atoms with van der Waals surface area (Å²) in [6.07, 6.45) is -0.223. The van der Waals surface area contributed by atoms with Crippen LogP contribution >= 0.6 is 15.9 Å². The van der Waals surface area contributed by atoms with Gasteiger partial charge in [0.05, 0.1) is 12.7 Å². The molecule has 0 saturated heterocycles. The van der Waals surface area contributed by atoms with Crippen molar-refractivity contribution >= 4 is 28.5 Å². The molecule has 0 spiro atoms. The van der Waals surface area contributed by atoms with E-state index in [1.807, 2.05) is 12.1 Å². The van der Waals surface area contributed by atoms with E-state index in [4.69, 9.17) is 19.8 Å². The minimum absolute atomic E-state index is 0.134. The molecule has 19 heavy (non-hydrogen) atoms. The fourth-order valence-corrected chi connectivity index (χ4v) is 3.04. The molecule has 0 amide bonds. The van der Waals surface area contributed by atoms with Crippen molar-refractivity contribution in [2.45, 2.75) is 18.6 Å². The fourth-order valence-electron chi connectivity index (χ4n) is 2.44. The maximum absolute atomic E-state index is 9.47. The Kier molecular flexibility index (Phi) is 3.35. The summed E-state index contributed by atoms with van der Waals surface area (Å²) < 4.78 is 18.4. The summed E-state index contributed by atoms with van der Waals surface area (Å²) in [5.74, 6) is 0.733. The SMILES string of the molecule is C[C@@]1(CO)COc2ccc(Br)c3c2B(OC3CN)O1. The largest absolute Gasteiger partial charge is 0.499 e. The van der Waals surface area contributed by atoms with Crippen molar-refractivity contribution in [1.82, 2.24) is 0 Å². The molecular formula is C12H15BBrNO4. The lowest BCUT2D eigenvalue weighted by Gasteiger charge is -2.27. The zero-order valence-corrected chi connectivity index (χ0v) is 12.1. The molecule has 5 nitrogen and oxygen atoms in total. The summed E-state index contributed by atoms with van der Waals surface area (Å²) >= 11 is 3.52. The molecule has 1 aromatic rings. The number of aliphatic hydroxyl groups excluding tert-OH is 1. The van der Waals surface area contributed by atoms with Gasteiger partial charge in [-0.25, -0.2) is 0 Å². The molecule has 0 radical (unpaired) electrons. The lowest BCUT2D eigenvalue weighted by atomic mass is 9.77.